The summed E-state index contributed by atoms with van der Waals surface area (Å²) in [4.78, 5) is 24.1. The van der Waals surface area contributed by atoms with Gasteiger partial charge in [-0.25, -0.2) is 4.98 Å². The van der Waals surface area contributed by atoms with Crippen molar-refractivity contribution in [2.24, 2.45) is 0 Å². The van der Waals surface area contributed by atoms with Gasteiger partial charge in [0.25, 0.3) is 0 Å². The second-order valence-electron chi connectivity index (χ2n) is 7.87. The van der Waals surface area contributed by atoms with Gasteiger partial charge in [0.2, 0.25) is 11.8 Å². The number of rotatable bonds is 5. The highest BCUT2D eigenvalue weighted by atomic mass is 16.3. The molecule has 2 aliphatic heterocycles. The fourth-order valence-electron chi connectivity index (χ4n) is 4.32. The van der Waals surface area contributed by atoms with Gasteiger partial charge < -0.3 is 9.32 Å². The van der Waals surface area contributed by atoms with Gasteiger partial charge in [0.1, 0.15) is 12.0 Å². The van der Waals surface area contributed by atoms with Crippen LogP contribution in [0.25, 0.3) is 11.3 Å². The molecule has 27 heavy (non-hydrogen) atoms. The number of benzene rings is 1. The lowest BCUT2D eigenvalue weighted by Gasteiger charge is -2.36. The van der Waals surface area contributed by atoms with Crippen molar-refractivity contribution in [3.05, 3.63) is 42.5 Å². The molecule has 3 heterocycles. The molecule has 3 aliphatic rings. The Labute approximate surface area is 159 Å². The van der Waals surface area contributed by atoms with Crippen LogP contribution in [0.1, 0.15) is 25.2 Å². The number of oxazole rings is 1. The molecule has 1 aromatic carbocycles. The number of piperazine rings is 1. The van der Waals surface area contributed by atoms with E-state index in [0.29, 0.717) is 11.9 Å². The Hall–Kier alpha value is -2.18. The SMILES string of the molecule is O=C1C(N2CCN(Cc3nc(-c4ccccc4)co3)CC2)CCN1C1CC1. The first kappa shape index (κ1) is 17.0. The molecule has 0 spiro atoms. The van der Waals surface area contributed by atoms with Gasteiger partial charge in [0.15, 0.2) is 0 Å². The molecule has 3 fully saturated rings. The second-order valence-corrected chi connectivity index (χ2v) is 7.87. The second kappa shape index (κ2) is 7.09. The molecule has 1 amide bonds. The molecular formula is C21H26N4O2. The third-order valence-corrected chi connectivity index (χ3v) is 6.03. The first-order valence-corrected chi connectivity index (χ1v) is 10.0. The number of carbonyl (C=O) groups excluding carboxylic acids is 1. The number of hydrogen-bond acceptors (Lipinski definition) is 5. The van der Waals surface area contributed by atoms with Crippen molar-refractivity contribution in [1.82, 2.24) is 19.7 Å². The molecule has 0 N–H and O–H groups in total. The van der Waals surface area contributed by atoms with Gasteiger partial charge in [-0.15, -0.1) is 0 Å². The summed E-state index contributed by atoms with van der Waals surface area (Å²) in [7, 11) is 0. The molecule has 1 unspecified atom stereocenters. The lowest BCUT2D eigenvalue weighted by molar-refractivity contribution is -0.133. The topological polar surface area (TPSA) is 52.8 Å². The third-order valence-electron chi connectivity index (χ3n) is 6.03. The van der Waals surface area contributed by atoms with Crippen LogP contribution in [0.15, 0.2) is 41.0 Å². The van der Waals surface area contributed by atoms with E-state index in [1.807, 2.05) is 30.3 Å². The Morgan fingerprint density at radius 1 is 1.00 bits per heavy atom. The number of amides is 1. The van der Waals surface area contributed by atoms with E-state index in [2.05, 4.69) is 19.7 Å². The molecule has 0 radical (unpaired) electrons. The smallest absolute Gasteiger partial charge is 0.240 e. The van der Waals surface area contributed by atoms with Gasteiger partial charge >= 0.3 is 0 Å². The minimum Gasteiger partial charge on any atom is -0.447 e. The van der Waals surface area contributed by atoms with Crippen molar-refractivity contribution in [2.75, 3.05) is 32.7 Å². The summed E-state index contributed by atoms with van der Waals surface area (Å²) < 4.78 is 5.69. The Kier molecular flexibility index (Phi) is 4.45. The van der Waals surface area contributed by atoms with Crippen LogP contribution in [0.3, 0.4) is 0 Å². The van der Waals surface area contributed by atoms with Crippen LogP contribution < -0.4 is 0 Å². The Morgan fingerprint density at radius 2 is 1.78 bits per heavy atom. The van der Waals surface area contributed by atoms with Gasteiger partial charge in [0, 0.05) is 44.3 Å². The van der Waals surface area contributed by atoms with E-state index < -0.39 is 0 Å². The van der Waals surface area contributed by atoms with Crippen molar-refractivity contribution in [1.29, 1.82) is 0 Å². The summed E-state index contributed by atoms with van der Waals surface area (Å²) in [6, 6.07) is 10.8. The minimum atomic E-state index is 0.110. The fourth-order valence-corrected chi connectivity index (χ4v) is 4.32. The van der Waals surface area contributed by atoms with Crippen LogP contribution in [-0.4, -0.2) is 70.4 Å². The van der Waals surface area contributed by atoms with Gasteiger partial charge in [-0.1, -0.05) is 30.3 Å². The standard InChI is InChI=1S/C21H26N4O2/c26-21-19(8-9-25(21)17-6-7-17)24-12-10-23(11-13-24)14-20-22-18(15-27-20)16-4-2-1-3-5-16/h1-5,15,17,19H,6-14H2. The van der Waals surface area contributed by atoms with E-state index in [1.165, 1.54) is 12.8 Å². The molecule has 6 heteroatoms. The summed E-state index contributed by atoms with van der Waals surface area (Å²) in [5, 5.41) is 0. The van der Waals surface area contributed by atoms with Crippen LogP contribution in [-0.2, 0) is 11.3 Å². The van der Waals surface area contributed by atoms with Crippen LogP contribution in [0.4, 0.5) is 0 Å². The van der Waals surface area contributed by atoms with Crippen LogP contribution in [0.5, 0.6) is 0 Å². The molecule has 5 rings (SSSR count). The molecule has 1 saturated carbocycles. The normalized spacial score (nSPS) is 24.7. The van der Waals surface area contributed by atoms with E-state index in [9.17, 15) is 4.79 Å². The maximum Gasteiger partial charge on any atom is 0.240 e. The lowest BCUT2D eigenvalue weighted by atomic mass is 10.2. The number of hydrogen-bond donors (Lipinski definition) is 0. The number of carbonyl (C=O) groups is 1. The van der Waals surface area contributed by atoms with Crippen molar-refractivity contribution in [3.8, 4) is 11.3 Å². The third kappa shape index (κ3) is 3.51. The quantitative estimate of drug-likeness (QED) is 0.812. The zero-order valence-corrected chi connectivity index (χ0v) is 15.6. The molecule has 2 saturated heterocycles. The van der Waals surface area contributed by atoms with E-state index in [4.69, 9.17) is 4.42 Å². The predicted octanol–water partition coefficient (Wildman–Crippen LogP) is 2.22. The monoisotopic (exact) mass is 366 g/mol. The first-order chi connectivity index (χ1) is 13.3. The summed E-state index contributed by atoms with van der Waals surface area (Å²) >= 11 is 0. The van der Waals surface area contributed by atoms with Gasteiger partial charge in [-0.05, 0) is 19.3 Å². The lowest BCUT2D eigenvalue weighted by Crippen LogP contribution is -2.52. The van der Waals surface area contributed by atoms with E-state index in [1.54, 1.807) is 6.26 Å². The van der Waals surface area contributed by atoms with Crippen LogP contribution in [0.2, 0.25) is 0 Å². The van der Waals surface area contributed by atoms with Crippen molar-refractivity contribution < 1.29 is 9.21 Å². The summed E-state index contributed by atoms with van der Waals surface area (Å²) in [5.74, 6) is 1.13. The maximum atomic E-state index is 12.6. The Bertz CT molecular complexity index is 794. The average molecular weight is 366 g/mol. The number of nitrogens with zero attached hydrogens (tertiary/aromatic N) is 4. The van der Waals surface area contributed by atoms with Crippen molar-refractivity contribution in [2.45, 2.75) is 37.9 Å². The largest absolute Gasteiger partial charge is 0.447 e. The minimum absolute atomic E-state index is 0.110. The molecule has 6 nitrogen and oxygen atoms in total. The molecule has 2 aromatic rings. The van der Waals surface area contributed by atoms with Crippen molar-refractivity contribution >= 4 is 5.91 Å². The predicted molar refractivity (Wildman–Crippen MR) is 102 cm³/mol. The zero-order chi connectivity index (χ0) is 18.2. The number of likely N-dealkylation sites (tertiary alicyclic amines) is 1. The highest BCUT2D eigenvalue weighted by Crippen LogP contribution is 2.32. The van der Waals surface area contributed by atoms with E-state index in [-0.39, 0.29) is 6.04 Å². The van der Waals surface area contributed by atoms with Gasteiger partial charge in [-0.3, -0.25) is 14.6 Å². The molecular weight excluding hydrogens is 340 g/mol. The van der Waals surface area contributed by atoms with Gasteiger partial charge in [0.05, 0.1) is 12.6 Å². The molecule has 1 aromatic heterocycles. The van der Waals surface area contributed by atoms with E-state index in [0.717, 1.165) is 62.8 Å². The summed E-state index contributed by atoms with van der Waals surface area (Å²) in [5.41, 5.74) is 1.97. The zero-order valence-electron chi connectivity index (χ0n) is 15.6. The maximum absolute atomic E-state index is 12.6. The molecule has 142 valence electrons. The van der Waals surface area contributed by atoms with Crippen LogP contribution >= 0.6 is 0 Å². The molecule has 1 atom stereocenters. The highest BCUT2D eigenvalue weighted by Gasteiger charge is 2.43. The van der Waals surface area contributed by atoms with Gasteiger partial charge in [-0.2, -0.15) is 0 Å². The summed E-state index contributed by atoms with van der Waals surface area (Å²) in [6.07, 6.45) is 5.14. The van der Waals surface area contributed by atoms with Crippen molar-refractivity contribution in [3.63, 3.8) is 0 Å². The molecule has 1 aliphatic carbocycles. The highest BCUT2D eigenvalue weighted by molar-refractivity contribution is 5.84. The average Bonchev–Trinajstić information content (AvgIpc) is 3.32. The first-order valence-electron chi connectivity index (χ1n) is 10.0. The summed E-state index contributed by atoms with van der Waals surface area (Å²) in [6.45, 7) is 5.48. The fraction of sp³-hybridized carbons (Fsp3) is 0.524. The number of aromatic nitrogens is 1. The van der Waals surface area contributed by atoms with E-state index >= 15 is 0 Å². The Balaban J connectivity index is 1.15. The van der Waals surface area contributed by atoms with Crippen LogP contribution in [0, 0.1) is 0 Å². The molecule has 0 bridgehead atoms. The Morgan fingerprint density at radius 3 is 2.52 bits per heavy atom.